The smallest absolute Gasteiger partial charge is 0.226 e. The second-order valence-electron chi connectivity index (χ2n) is 5.96. The van der Waals surface area contributed by atoms with Crippen molar-refractivity contribution in [1.82, 2.24) is 9.88 Å². The number of aliphatic hydroxyl groups excluding tert-OH is 1. The first-order chi connectivity index (χ1) is 11.6. The van der Waals surface area contributed by atoms with Crippen LogP contribution in [-0.2, 0) is 11.3 Å². The first-order valence-corrected chi connectivity index (χ1v) is 7.83. The van der Waals surface area contributed by atoms with Crippen LogP contribution in [0.2, 0.25) is 0 Å². The van der Waals surface area contributed by atoms with Crippen LogP contribution in [0.15, 0.2) is 42.7 Å². The zero-order valence-electron chi connectivity index (χ0n) is 13.0. The van der Waals surface area contributed by atoms with Gasteiger partial charge in [0.05, 0.1) is 6.61 Å². The second-order valence-corrected chi connectivity index (χ2v) is 5.96. The molecule has 1 aromatic carbocycles. The summed E-state index contributed by atoms with van der Waals surface area (Å²) < 4.78 is 27.2. The standard InChI is InChI=1S/C18H18F2N2O2/c19-13-3-4-17(20)15(8-13)14-9-16(14)18(24)22(6-7-23)11-12-2-1-5-21-10-12/h1-5,8,10,14,16,23H,6-7,9,11H2. The van der Waals surface area contributed by atoms with Crippen molar-refractivity contribution in [2.24, 2.45) is 5.92 Å². The van der Waals surface area contributed by atoms with E-state index in [0.717, 1.165) is 23.8 Å². The molecule has 2 atom stereocenters. The first-order valence-electron chi connectivity index (χ1n) is 7.83. The Hall–Kier alpha value is -2.34. The van der Waals surface area contributed by atoms with Crippen LogP contribution in [0.5, 0.6) is 0 Å². The maximum atomic E-state index is 13.9. The van der Waals surface area contributed by atoms with E-state index in [4.69, 9.17) is 0 Å². The molecule has 1 amide bonds. The second kappa shape index (κ2) is 7.05. The molecule has 0 saturated heterocycles. The van der Waals surface area contributed by atoms with Crippen molar-refractivity contribution >= 4 is 5.91 Å². The number of rotatable bonds is 6. The van der Waals surface area contributed by atoms with Gasteiger partial charge in [0.1, 0.15) is 11.6 Å². The molecule has 2 unspecified atom stereocenters. The van der Waals surface area contributed by atoms with Crippen molar-refractivity contribution in [2.45, 2.75) is 18.9 Å². The van der Waals surface area contributed by atoms with Gasteiger partial charge in [-0.2, -0.15) is 0 Å². The fourth-order valence-electron chi connectivity index (χ4n) is 2.94. The van der Waals surface area contributed by atoms with Crippen molar-refractivity contribution < 1.29 is 18.7 Å². The van der Waals surface area contributed by atoms with Crippen LogP contribution in [0, 0.1) is 17.6 Å². The number of halogens is 2. The molecule has 0 spiro atoms. The molecule has 0 aliphatic heterocycles. The summed E-state index contributed by atoms with van der Waals surface area (Å²) in [5.41, 5.74) is 1.10. The van der Waals surface area contributed by atoms with E-state index >= 15 is 0 Å². The lowest BCUT2D eigenvalue weighted by Crippen LogP contribution is -2.34. The van der Waals surface area contributed by atoms with Crippen molar-refractivity contribution in [1.29, 1.82) is 0 Å². The van der Waals surface area contributed by atoms with Crippen LogP contribution in [-0.4, -0.2) is 34.0 Å². The monoisotopic (exact) mass is 332 g/mol. The van der Waals surface area contributed by atoms with Gasteiger partial charge >= 0.3 is 0 Å². The zero-order chi connectivity index (χ0) is 17.1. The molecule has 1 N–H and O–H groups in total. The number of aliphatic hydroxyl groups is 1. The number of hydrogen-bond acceptors (Lipinski definition) is 3. The Bertz CT molecular complexity index is 724. The lowest BCUT2D eigenvalue weighted by atomic mass is 10.1. The average Bonchev–Trinajstić information content (AvgIpc) is 3.37. The van der Waals surface area contributed by atoms with Gasteiger partial charge in [0, 0.05) is 31.4 Å². The number of aromatic nitrogens is 1. The third-order valence-electron chi connectivity index (χ3n) is 4.24. The van der Waals surface area contributed by atoms with E-state index in [9.17, 15) is 18.7 Å². The highest BCUT2D eigenvalue weighted by molar-refractivity contribution is 5.83. The molecule has 1 heterocycles. The van der Waals surface area contributed by atoms with Crippen LogP contribution >= 0.6 is 0 Å². The van der Waals surface area contributed by atoms with Gasteiger partial charge in [-0.3, -0.25) is 9.78 Å². The van der Waals surface area contributed by atoms with Crippen LogP contribution in [0.25, 0.3) is 0 Å². The Morgan fingerprint density at radius 3 is 2.88 bits per heavy atom. The van der Waals surface area contributed by atoms with E-state index in [0.29, 0.717) is 13.0 Å². The molecule has 126 valence electrons. The first kappa shape index (κ1) is 16.5. The molecule has 24 heavy (non-hydrogen) atoms. The lowest BCUT2D eigenvalue weighted by molar-refractivity contribution is -0.133. The Morgan fingerprint density at radius 2 is 2.17 bits per heavy atom. The summed E-state index contributed by atoms with van der Waals surface area (Å²) in [6.45, 7) is 0.377. The van der Waals surface area contributed by atoms with Gasteiger partial charge in [-0.05, 0) is 47.7 Å². The molecule has 1 aliphatic carbocycles. The number of carbonyl (C=O) groups is 1. The topological polar surface area (TPSA) is 53.4 Å². The molecule has 0 radical (unpaired) electrons. The van der Waals surface area contributed by atoms with Gasteiger partial charge in [-0.1, -0.05) is 6.07 Å². The van der Waals surface area contributed by atoms with Crippen molar-refractivity contribution in [3.63, 3.8) is 0 Å². The molecule has 1 aliphatic rings. The molecule has 0 bridgehead atoms. The maximum Gasteiger partial charge on any atom is 0.226 e. The summed E-state index contributed by atoms with van der Waals surface area (Å²) >= 11 is 0. The van der Waals surface area contributed by atoms with Crippen LogP contribution in [0.1, 0.15) is 23.5 Å². The quantitative estimate of drug-likeness (QED) is 0.884. The van der Waals surface area contributed by atoms with Gasteiger partial charge in [-0.25, -0.2) is 8.78 Å². The molecule has 1 saturated carbocycles. The number of carbonyl (C=O) groups excluding carboxylic acids is 1. The molecule has 1 fully saturated rings. The number of amides is 1. The van der Waals surface area contributed by atoms with E-state index in [1.54, 1.807) is 23.4 Å². The highest BCUT2D eigenvalue weighted by Crippen LogP contribution is 2.49. The summed E-state index contributed by atoms with van der Waals surface area (Å²) in [4.78, 5) is 18.2. The van der Waals surface area contributed by atoms with E-state index in [1.807, 2.05) is 6.07 Å². The number of nitrogens with zero attached hydrogens (tertiary/aromatic N) is 2. The largest absolute Gasteiger partial charge is 0.395 e. The third kappa shape index (κ3) is 3.59. The van der Waals surface area contributed by atoms with E-state index in [-0.39, 0.29) is 36.5 Å². The normalized spacial score (nSPS) is 19.1. The van der Waals surface area contributed by atoms with Gasteiger partial charge in [0.2, 0.25) is 5.91 Å². The zero-order valence-corrected chi connectivity index (χ0v) is 13.0. The van der Waals surface area contributed by atoms with Gasteiger partial charge in [0.15, 0.2) is 0 Å². The van der Waals surface area contributed by atoms with E-state index in [1.165, 1.54) is 0 Å². The summed E-state index contributed by atoms with van der Waals surface area (Å²) in [6, 6.07) is 6.94. The van der Waals surface area contributed by atoms with Crippen molar-refractivity contribution in [2.75, 3.05) is 13.2 Å². The van der Waals surface area contributed by atoms with Gasteiger partial charge in [-0.15, -0.1) is 0 Å². The van der Waals surface area contributed by atoms with Crippen LogP contribution < -0.4 is 0 Å². The minimum absolute atomic E-state index is 0.151. The number of pyridine rings is 1. The lowest BCUT2D eigenvalue weighted by Gasteiger charge is -2.22. The summed E-state index contributed by atoms with van der Waals surface area (Å²) in [6.07, 6.45) is 3.80. The summed E-state index contributed by atoms with van der Waals surface area (Å²) in [5, 5.41) is 9.21. The Balaban J connectivity index is 1.71. The minimum atomic E-state index is -0.507. The molecule has 6 heteroatoms. The Labute approximate surface area is 138 Å². The van der Waals surface area contributed by atoms with Crippen molar-refractivity contribution in [3.8, 4) is 0 Å². The van der Waals surface area contributed by atoms with E-state index in [2.05, 4.69) is 4.98 Å². The predicted octanol–water partition coefficient (Wildman–Crippen LogP) is 2.48. The minimum Gasteiger partial charge on any atom is -0.395 e. The molecular formula is C18H18F2N2O2. The number of hydrogen-bond donors (Lipinski definition) is 1. The predicted molar refractivity (Wildman–Crippen MR) is 83.9 cm³/mol. The van der Waals surface area contributed by atoms with E-state index < -0.39 is 11.6 Å². The SMILES string of the molecule is O=C(C1CC1c1cc(F)ccc1F)N(CCO)Cc1cccnc1. The highest BCUT2D eigenvalue weighted by atomic mass is 19.1. The summed E-state index contributed by atoms with van der Waals surface area (Å²) in [5.74, 6) is -1.82. The van der Waals surface area contributed by atoms with Crippen molar-refractivity contribution in [3.05, 3.63) is 65.5 Å². The number of benzene rings is 1. The fourth-order valence-corrected chi connectivity index (χ4v) is 2.94. The summed E-state index contributed by atoms with van der Waals surface area (Å²) in [7, 11) is 0. The Morgan fingerprint density at radius 1 is 1.33 bits per heavy atom. The average molecular weight is 332 g/mol. The highest BCUT2D eigenvalue weighted by Gasteiger charge is 2.46. The Kier molecular flexibility index (Phi) is 4.85. The molecule has 2 aromatic rings. The van der Waals surface area contributed by atoms with Gasteiger partial charge in [0.25, 0.3) is 0 Å². The maximum absolute atomic E-state index is 13.9. The van der Waals surface area contributed by atoms with Crippen LogP contribution in [0.4, 0.5) is 8.78 Å². The fraction of sp³-hybridized carbons (Fsp3) is 0.333. The molecule has 4 nitrogen and oxygen atoms in total. The van der Waals surface area contributed by atoms with Crippen LogP contribution in [0.3, 0.4) is 0 Å². The molecule has 1 aromatic heterocycles. The van der Waals surface area contributed by atoms with Gasteiger partial charge < -0.3 is 10.0 Å². The molecule has 3 rings (SSSR count). The molecular weight excluding hydrogens is 314 g/mol. The third-order valence-corrected chi connectivity index (χ3v) is 4.24.